The number of likely N-dealkylation sites (tertiary alicyclic amines) is 1. The number of hydrogen-bond donors (Lipinski definition) is 0. The second kappa shape index (κ2) is 8.57. The van der Waals surface area contributed by atoms with E-state index in [1.165, 1.54) is 4.90 Å². The summed E-state index contributed by atoms with van der Waals surface area (Å²) in [6.45, 7) is 3.52. The topological polar surface area (TPSA) is 67.7 Å². The number of amides is 2. The number of piperidine rings is 1. The van der Waals surface area contributed by atoms with E-state index in [0.29, 0.717) is 37.0 Å². The number of aromatic nitrogens is 2. The number of fused-ring (bicyclic) bond motifs is 1. The van der Waals surface area contributed by atoms with Crippen LogP contribution >= 0.6 is 0 Å². The number of halogens is 2. The van der Waals surface area contributed by atoms with E-state index in [9.17, 15) is 18.4 Å². The molecule has 1 aliphatic heterocycles. The van der Waals surface area contributed by atoms with Gasteiger partial charge < -0.3 is 14.5 Å². The number of carbonyl (C=O) groups is 2. The van der Waals surface area contributed by atoms with Crippen molar-refractivity contribution in [2.75, 3.05) is 20.1 Å². The summed E-state index contributed by atoms with van der Waals surface area (Å²) in [5, 5.41) is 0. The van der Waals surface area contributed by atoms with Crippen LogP contribution in [-0.2, 0) is 16.1 Å². The number of benzene rings is 1. The van der Waals surface area contributed by atoms with Crippen LogP contribution in [0.2, 0.25) is 0 Å². The summed E-state index contributed by atoms with van der Waals surface area (Å²) in [5.41, 5.74) is 0.244. The Bertz CT molecular complexity index is 915. The van der Waals surface area contributed by atoms with Crippen molar-refractivity contribution in [2.45, 2.75) is 52.3 Å². The van der Waals surface area contributed by atoms with Gasteiger partial charge in [0.15, 0.2) is 0 Å². The minimum atomic E-state index is -2.74. The molecule has 1 aromatic carbocycles. The smallest absolute Gasteiger partial charge is 0.410 e. The molecule has 1 aliphatic rings. The van der Waals surface area contributed by atoms with E-state index in [-0.39, 0.29) is 30.3 Å². The molecule has 0 saturated carbocycles. The number of carbonyl (C=O) groups excluding carboxylic acids is 2. The Morgan fingerprint density at radius 2 is 1.87 bits per heavy atom. The van der Waals surface area contributed by atoms with Crippen molar-refractivity contribution < 1.29 is 23.1 Å². The first-order valence-corrected chi connectivity index (χ1v) is 10.0. The van der Waals surface area contributed by atoms with E-state index >= 15 is 0 Å². The monoisotopic (exact) mass is 422 g/mol. The van der Waals surface area contributed by atoms with Gasteiger partial charge >= 0.3 is 12.6 Å². The van der Waals surface area contributed by atoms with Gasteiger partial charge in [0.05, 0.1) is 17.6 Å². The van der Waals surface area contributed by atoms with Crippen LogP contribution in [-0.4, -0.2) is 57.1 Å². The number of hydrogen-bond acceptors (Lipinski definition) is 4. The van der Waals surface area contributed by atoms with Crippen LogP contribution in [0.25, 0.3) is 11.0 Å². The van der Waals surface area contributed by atoms with Crippen molar-refractivity contribution in [1.29, 1.82) is 0 Å². The third kappa shape index (κ3) is 4.88. The Labute approximate surface area is 174 Å². The van der Waals surface area contributed by atoms with Gasteiger partial charge in [0, 0.05) is 26.1 Å². The number of nitrogens with zero attached hydrogens (tertiary/aromatic N) is 4. The van der Waals surface area contributed by atoms with Crippen molar-refractivity contribution in [2.24, 2.45) is 5.92 Å². The Hall–Kier alpha value is -2.71. The second-order valence-corrected chi connectivity index (χ2v) is 8.60. The SMILES string of the molecule is CN(Cc1nc2ccccc2n1C(F)F)C(=O)C1CCN(C(=O)OC(C)(C)C)CC1. The summed E-state index contributed by atoms with van der Waals surface area (Å²) in [6.07, 6.45) is 0.633. The summed E-state index contributed by atoms with van der Waals surface area (Å²) in [6, 6.07) is 6.68. The molecule has 0 aliphatic carbocycles. The Kier molecular flexibility index (Phi) is 6.28. The highest BCUT2D eigenvalue weighted by atomic mass is 19.3. The van der Waals surface area contributed by atoms with Crippen LogP contribution in [0, 0.1) is 5.92 Å². The average molecular weight is 422 g/mol. The Morgan fingerprint density at radius 3 is 2.47 bits per heavy atom. The van der Waals surface area contributed by atoms with E-state index in [0.717, 1.165) is 4.57 Å². The molecule has 1 fully saturated rings. The van der Waals surface area contributed by atoms with Crippen LogP contribution in [0.3, 0.4) is 0 Å². The van der Waals surface area contributed by atoms with Crippen LogP contribution in [0.4, 0.5) is 13.6 Å². The first-order chi connectivity index (χ1) is 14.1. The summed E-state index contributed by atoms with van der Waals surface area (Å²) in [4.78, 5) is 32.4. The molecule has 0 unspecified atom stereocenters. The van der Waals surface area contributed by atoms with Crippen LogP contribution in [0.15, 0.2) is 24.3 Å². The summed E-state index contributed by atoms with van der Waals surface area (Å²) in [5.74, 6) is -0.252. The molecule has 0 N–H and O–H groups in total. The molecule has 3 rings (SSSR count). The highest BCUT2D eigenvalue weighted by Gasteiger charge is 2.32. The number of rotatable bonds is 4. The Morgan fingerprint density at radius 1 is 1.23 bits per heavy atom. The average Bonchev–Trinajstić information content (AvgIpc) is 3.04. The van der Waals surface area contributed by atoms with Gasteiger partial charge in [-0.1, -0.05) is 12.1 Å². The minimum Gasteiger partial charge on any atom is -0.444 e. The summed E-state index contributed by atoms with van der Waals surface area (Å²) >= 11 is 0. The molecular formula is C21H28F2N4O3. The van der Waals surface area contributed by atoms with Gasteiger partial charge in [-0.15, -0.1) is 0 Å². The fourth-order valence-electron chi connectivity index (χ4n) is 3.66. The maximum Gasteiger partial charge on any atom is 0.410 e. The molecule has 30 heavy (non-hydrogen) atoms. The Balaban J connectivity index is 1.63. The van der Waals surface area contributed by atoms with Crippen LogP contribution in [0.5, 0.6) is 0 Å². The van der Waals surface area contributed by atoms with Gasteiger partial charge in [-0.2, -0.15) is 8.78 Å². The maximum absolute atomic E-state index is 13.6. The lowest BCUT2D eigenvalue weighted by atomic mass is 9.95. The van der Waals surface area contributed by atoms with Crippen LogP contribution < -0.4 is 0 Å². The van der Waals surface area contributed by atoms with Gasteiger partial charge in [-0.25, -0.2) is 9.78 Å². The fourth-order valence-corrected chi connectivity index (χ4v) is 3.66. The van der Waals surface area contributed by atoms with Crippen molar-refractivity contribution >= 4 is 23.0 Å². The summed E-state index contributed by atoms with van der Waals surface area (Å²) in [7, 11) is 1.59. The molecule has 0 bridgehead atoms. The summed E-state index contributed by atoms with van der Waals surface area (Å²) < 4.78 is 33.4. The van der Waals surface area contributed by atoms with E-state index in [2.05, 4.69) is 4.98 Å². The number of para-hydroxylation sites is 2. The molecule has 2 amide bonds. The lowest BCUT2D eigenvalue weighted by Crippen LogP contribution is -2.45. The second-order valence-electron chi connectivity index (χ2n) is 8.60. The lowest BCUT2D eigenvalue weighted by Gasteiger charge is -2.34. The van der Waals surface area contributed by atoms with E-state index in [4.69, 9.17) is 4.74 Å². The molecular weight excluding hydrogens is 394 g/mol. The third-order valence-electron chi connectivity index (χ3n) is 5.11. The van der Waals surface area contributed by atoms with Gasteiger partial charge in [-0.05, 0) is 45.7 Å². The lowest BCUT2D eigenvalue weighted by molar-refractivity contribution is -0.136. The molecule has 9 heteroatoms. The normalized spacial score (nSPS) is 15.6. The first-order valence-electron chi connectivity index (χ1n) is 10.0. The first kappa shape index (κ1) is 22.0. The van der Waals surface area contributed by atoms with E-state index < -0.39 is 12.2 Å². The number of ether oxygens (including phenoxy) is 1. The molecule has 0 atom stereocenters. The quantitative estimate of drug-likeness (QED) is 0.746. The molecule has 0 radical (unpaired) electrons. The molecule has 164 valence electrons. The van der Waals surface area contributed by atoms with Crippen molar-refractivity contribution in [3.05, 3.63) is 30.1 Å². The predicted molar refractivity (Wildman–Crippen MR) is 108 cm³/mol. The van der Waals surface area contributed by atoms with Gasteiger partial charge in [0.1, 0.15) is 11.4 Å². The minimum absolute atomic E-state index is 0.00979. The number of imidazole rings is 1. The zero-order valence-electron chi connectivity index (χ0n) is 17.8. The van der Waals surface area contributed by atoms with E-state index in [1.807, 2.05) is 20.8 Å². The molecule has 0 spiro atoms. The van der Waals surface area contributed by atoms with Gasteiger partial charge in [0.2, 0.25) is 5.91 Å². The van der Waals surface area contributed by atoms with Gasteiger partial charge in [-0.3, -0.25) is 9.36 Å². The molecule has 2 aromatic rings. The van der Waals surface area contributed by atoms with E-state index in [1.54, 1.807) is 36.2 Å². The van der Waals surface area contributed by atoms with Crippen molar-refractivity contribution in [3.8, 4) is 0 Å². The maximum atomic E-state index is 13.6. The van der Waals surface area contributed by atoms with Gasteiger partial charge in [0.25, 0.3) is 0 Å². The highest BCUT2D eigenvalue weighted by molar-refractivity contribution is 5.79. The molecule has 1 saturated heterocycles. The predicted octanol–water partition coefficient (Wildman–Crippen LogP) is 4.04. The zero-order valence-corrected chi connectivity index (χ0v) is 17.8. The van der Waals surface area contributed by atoms with Crippen molar-refractivity contribution in [3.63, 3.8) is 0 Å². The molecule has 7 nitrogen and oxygen atoms in total. The largest absolute Gasteiger partial charge is 0.444 e. The number of alkyl halides is 2. The standard InChI is InChI=1S/C21H28F2N4O3/c1-21(2,3)30-20(29)26-11-9-14(10-12-26)18(28)25(4)13-17-24-15-7-5-6-8-16(15)27(17)19(22)23/h5-8,14,19H,9-13H2,1-4H3. The molecule has 1 aromatic heterocycles. The fraction of sp³-hybridized carbons (Fsp3) is 0.571. The zero-order chi connectivity index (χ0) is 22.1. The highest BCUT2D eigenvalue weighted by Crippen LogP contribution is 2.25. The molecule has 2 heterocycles. The third-order valence-corrected chi connectivity index (χ3v) is 5.11. The van der Waals surface area contributed by atoms with Crippen LogP contribution in [0.1, 0.15) is 46.0 Å². The van der Waals surface area contributed by atoms with Crippen molar-refractivity contribution in [1.82, 2.24) is 19.4 Å².